The molecule has 56 heavy (non-hydrogen) atoms. The second-order valence-corrected chi connectivity index (χ2v) is 17.6. The van der Waals surface area contributed by atoms with Gasteiger partial charge in [0, 0.05) is 35.9 Å². The molecule has 306 valence electrons. The average Bonchev–Trinajstić information content (AvgIpc) is 3.77. The molecule has 2 aromatic rings. The Morgan fingerprint density at radius 3 is 2.45 bits per heavy atom. The van der Waals surface area contributed by atoms with Gasteiger partial charge in [0.15, 0.2) is 12.1 Å². The van der Waals surface area contributed by atoms with Crippen LogP contribution in [0.4, 0.5) is 0 Å². The molecular weight excluding hydrogens is 733 g/mol. The number of fused-ring (bicyclic) bond motifs is 1. The van der Waals surface area contributed by atoms with E-state index in [1.54, 1.807) is 20.0 Å². The zero-order valence-electron chi connectivity index (χ0n) is 34.6. The van der Waals surface area contributed by atoms with Gasteiger partial charge in [-0.2, -0.15) is 0 Å². The predicted octanol–water partition coefficient (Wildman–Crippen LogP) is 6.12. The van der Waals surface area contributed by atoms with Crippen LogP contribution in [0.2, 0.25) is 0 Å². The molecule has 3 aliphatic rings. The third kappa shape index (κ3) is 9.20. The van der Waals surface area contributed by atoms with Crippen molar-refractivity contribution in [3.8, 4) is 22.4 Å². The minimum absolute atomic E-state index is 0.0472. The fourth-order valence-electron chi connectivity index (χ4n) is 9.03. The summed E-state index contributed by atoms with van der Waals surface area (Å²) >= 11 is 1.51. The van der Waals surface area contributed by atoms with Crippen LogP contribution in [0.5, 0.6) is 0 Å². The van der Waals surface area contributed by atoms with Gasteiger partial charge in [-0.3, -0.25) is 19.4 Å². The molecule has 12 heteroatoms. The number of ether oxygens (including phenoxy) is 5. The Kier molecular flexibility index (Phi) is 14.2. The lowest BCUT2D eigenvalue weighted by Crippen LogP contribution is -2.59. The van der Waals surface area contributed by atoms with E-state index >= 15 is 0 Å². The van der Waals surface area contributed by atoms with Crippen LogP contribution in [0, 0.1) is 41.4 Å². The number of hydrogen-bond donors (Lipinski definition) is 1. The summed E-state index contributed by atoms with van der Waals surface area (Å²) in [5, 5.41) is 11.6. The van der Waals surface area contributed by atoms with Gasteiger partial charge in [0.2, 0.25) is 0 Å². The molecule has 11 nitrogen and oxygen atoms in total. The smallest absolute Gasteiger partial charge is 0.316 e. The first-order valence-electron chi connectivity index (χ1n) is 19.8. The van der Waals surface area contributed by atoms with Crippen LogP contribution in [-0.4, -0.2) is 108 Å². The number of cyclic esters (lactones) is 1. The molecule has 0 amide bonds. The van der Waals surface area contributed by atoms with Crippen molar-refractivity contribution in [1.29, 1.82) is 0 Å². The Balaban J connectivity index is 1.55. The Morgan fingerprint density at radius 2 is 1.79 bits per heavy atom. The highest BCUT2D eigenvalue weighted by molar-refractivity contribution is 7.16. The normalized spacial score (nSPS) is 37.4. The van der Waals surface area contributed by atoms with Gasteiger partial charge in [0.05, 0.1) is 39.9 Å². The number of carbonyl (C=O) groups is 3. The second-order valence-electron chi connectivity index (χ2n) is 16.6. The third-order valence-electron chi connectivity index (χ3n) is 12.1. The summed E-state index contributed by atoms with van der Waals surface area (Å²) < 4.78 is 32.1. The molecule has 3 aliphatic heterocycles. The van der Waals surface area contributed by atoms with Crippen molar-refractivity contribution in [3.63, 3.8) is 0 Å². The fourth-order valence-corrected chi connectivity index (χ4v) is 9.89. The quantitative estimate of drug-likeness (QED) is 0.151. The lowest BCUT2D eigenvalue weighted by molar-refractivity contribution is -0.296. The summed E-state index contributed by atoms with van der Waals surface area (Å²) in [6.07, 6.45) is -1.39. The van der Waals surface area contributed by atoms with Crippen LogP contribution in [-0.2, 0) is 38.1 Å². The van der Waals surface area contributed by atoms with E-state index in [4.69, 9.17) is 23.7 Å². The van der Waals surface area contributed by atoms with Crippen LogP contribution in [0.15, 0.2) is 48.7 Å². The summed E-state index contributed by atoms with van der Waals surface area (Å²) in [6, 6.07) is 9.37. The molecule has 3 fully saturated rings. The first-order valence-corrected chi connectivity index (χ1v) is 20.6. The molecule has 3 unspecified atom stereocenters. The van der Waals surface area contributed by atoms with Gasteiger partial charge in [-0.1, -0.05) is 52.2 Å². The Bertz CT molecular complexity index is 1790. The number of hydrogen-bond acceptors (Lipinski definition) is 12. The Labute approximate surface area is 336 Å². The Hall–Kier alpha value is -3.28. The van der Waals surface area contributed by atoms with E-state index in [0.717, 1.165) is 21.0 Å². The molecule has 0 radical (unpaired) electrons. The first-order chi connectivity index (χ1) is 26.4. The van der Waals surface area contributed by atoms with E-state index in [0.29, 0.717) is 12.8 Å². The van der Waals surface area contributed by atoms with Gasteiger partial charge < -0.3 is 33.7 Å². The number of thiophene rings is 1. The number of aliphatic hydroxyl groups is 1. The van der Waals surface area contributed by atoms with E-state index in [1.165, 1.54) is 11.3 Å². The minimum atomic E-state index is -1.34. The molecule has 5 heterocycles. The molecule has 3 saturated heterocycles. The topological polar surface area (TPSA) is 134 Å². The lowest BCUT2D eigenvalue weighted by Gasteiger charge is -2.47. The standard InChI is InChI=1S/C44H60N2O9S/c1-12-35-44(9)36(26(3)24-52-44)28(5)37(47)25(2)23-43(8,51-21-15-16-31-18-19-34(56-31)32-17-13-14-20-45-32)40(29(6)38(48)30(7)41(50)54-35)55-42-39(49)33(46(10)11)22-27(4)53-42/h13-14,17-20,25,27-30,33,35-36,39-40,42,49H,3,12,21-24H2,1-2,4-11H3/t25?,27-,28?,29+,30?,33+,35-,36+,39-,40-,42+,43-,44-/m1/s1. The number of esters is 1. The molecule has 1 N–H and O–H groups in total. The van der Waals surface area contributed by atoms with E-state index in [9.17, 15) is 19.5 Å². The van der Waals surface area contributed by atoms with Crippen molar-refractivity contribution in [2.24, 2.45) is 29.6 Å². The summed E-state index contributed by atoms with van der Waals surface area (Å²) in [5.41, 5.74) is -0.753. The highest BCUT2D eigenvalue weighted by Gasteiger charge is 2.55. The zero-order valence-corrected chi connectivity index (χ0v) is 35.4. The summed E-state index contributed by atoms with van der Waals surface area (Å²) in [5.74, 6) is 1.46. The van der Waals surface area contributed by atoms with E-state index < -0.39 is 77.1 Å². The van der Waals surface area contributed by atoms with Crippen molar-refractivity contribution < 1.29 is 43.2 Å². The molecular formula is C44H60N2O9S. The predicted molar refractivity (Wildman–Crippen MR) is 215 cm³/mol. The van der Waals surface area contributed by atoms with Crippen LogP contribution in [0.3, 0.4) is 0 Å². The van der Waals surface area contributed by atoms with Crippen LogP contribution in [0.1, 0.15) is 79.5 Å². The van der Waals surface area contributed by atoms with Gasteiger partial charge in [0.25, 0.3) is 0 Å². The highest BCUT2D eigenvalue weighted by Crippen LogP contribution is 2.46. The number of pyridine rings is 1. The van der Waals surface area contributed by atoms with Gasteiger partial charge in [-0.05, 0) is 90.9 Å². The van der Waals surface area contributed by atoms with Crippen molar-refractivity contribution in [2.75, 3.05) is 27.3 Å². The number of ketones is 2. The Morgan fingerprint density at radius 1 is 1.05 bits per heavy atom. The summed E-state index contributed by atoms with van der Waals surface area (Å²) in [7, 11) is 3.77. The fraction of sp³-hybridized carbons (Fsp3) is 0.636. The third-order valence-corrected chi connectivity index (χ3v) is 13.1. The van der Waals surface area contributed by atoms with Crippen molar-refractivity contribution in [3.05, 3.63) is 53.6 Å². The van der Waals surface area contributed by atoms with Crippen LogP contribution in [0.25, 0.3) is 10.6 Å². The zero-order chi connectivity index (χ0) is 41.1. The van der Waals surface area contributed by atoms with Crippen molar-refractivity contribution in [1.82, 2.24) is 9.88 Å². The van der Waals surface area contributed by atoms with Gasteiger partial charge in [-0.25, -0.2) is 0 Å². The second kappa shape index (κ2) is 18.1. The van der Waals surface area contributed by atoms with Gasteiger partial charge in [-0.15, -0.1) is 11.3 Å². The molecule has 5 rings (SSSR count). The SMILES string of the molecule is C=C1CO[C@]2(C)[C@@H](CC)OC(=O)C(C)C(=O)[C@H](C)[C@@H](O[C@@H]3O[C@H](C)C[C@H](N(C)C)[C@H]3O)[C@](C)(OCC#Cc3ccc(-c4ccccn4)s3)CC(C)C(=O)C(C)[C@H]12. The molecule has 0 saturated carbocycles. The summed E-state index contributed by atoms with van der Waals surface area (Å²) in [6.45, 7) is 18.9. The van der Waals surface area contributed by atoms with Crippen molar-refractivity contribution >= 4 is 28.9 Å². The van der Waals surface area contributed by atoms with E-state index in [-0.39, 0.29) is 37.6 Å². The molecule has 0 spiro atoms. The molecule has 0 aliphatic carbocycles. The van der Waals surface area contributed by atoms with Crippen LogP contribution < -0.4 is 0 Å². The monoisotopic (exact) mass is 792 g/mol. The maximum absolute atomic E-state index is 14.6. The van der Waals surface area contributed by atoms with Crippen LogP contribution >= 0.6 is 11.3 Å². The number of rotatable bonds is 7. The first kappa shape index (κ1) is 43.8. The number of Topliss-reactive ketones (excluding diaryl/α,β-unsaturated/α-hetero) is 2. The molecule has 13 atom stereocenters. The molecule has 2 aromatic heterocycles. The maximum atomic E-state index is 14.6. The number of aliphatic hydroxyl groups excluding tert-OH is 1. The highest BCUT2D eigenvalue weighted by atomic mass is 32.1. The largest absolute Gasteiger partial charge is 0.459 e. The maximum Gasteiger partial charge on any atom is 0.316 e. The van der Waals surface area contributed by atoms with Crippen molar-refractivity contribution in [2.45, 2.75) is 123 Å². The number of likely N-dealkylation sites (N-methyl/N-ethyl adjacent to an activating group) is 1. The van der Waals surface area contributed by atoms with Gasteiger partial charge >= 0.3 is 5.97 Å². The molecule has 0 bridgehead atoms. The lowest BCUT2D eigenvalue weighted by atomic mass is 9.69. The number of carbonyl (C=O) groups excluding carboxylic acids is 3. The average molecular weight is 793 g/mol. The minimum Gasteiger partial charge on any atom is -0.459 e. The number of nitrogens with zero attached hydrogens (tertiary/aromatic N) is 2. The summed E-state index contributed by atoms with van der Waals surface area (Å²) in [4.78, 5) is 51.1. The molecule has 0 aromatic carbocycles. The van der Waals surface area contributed by atoms with E-state index in [2.05, 4.69) is 23.4 Å². The number of aromatic nitrogens is 1. The van der Waals surface area contributed by atoms with Gasteiger partial charge in [0.1, 0.15) is 36.1 Å². The van der Waals surface area contributed by atoms with E-state index in [1.807, 2.05) is 90.9 Å².